The summed E-state index contributed by atoms with van der Waals surface area (Å²) in [6, 6.07) is 63.3. The lowest BCUT2D eigenvalue weighted by Gasteiger charge is -2.26. The van der Waals surface area contributed by atoms with Gasteiger partial charge in [0, 0.05) is 49.8 Å². The Labute approximate surface area is 345 Å². The van der Waals surface area contributed by atoms with Crippen LogP contribution in [0.3, 0.4) is 0 Å². The van der Waals surface area contributed by atoms with Crippen LogP contribution in [0.2, 0.25) is 0 Å². The molecule has 5 nitrogen and oxygen atoms in total. The van der Waals surface area contributed by atoms with Crippen LogP contribution in [-0.4, -0.2) is 14.1 Å². The van der Waals surface area contributed by atoms with Gasteiger partial charge in [-0.25, -0.2) is 4.85 Å². The van der Waals surface area contributed by atoms with Crippen molar-refractivity contribution in [2.24, 2.45) is 0 Å². The molecule has 12 aromatic rings. The van der Waals surface area contributed by atoms with Gasteiger partial charge in [-0.05, 0) is 45.0 Å². The van der Waals surface area contributed by atoms with Gasteiger partial charge in [-0.15, -0.1) is 0 Å². The first-order valence-corrected chi connectivity index (χ1v) is 20.0. The summed E-state index contributed by atoms with van der Waals surface area (Å²) in [6.07, 6.45) is 3.91. The van der Waals surface area contributed by atoms with E-state index >= 15 is 0 Å². The molecule has 0 unspecified atom stereocenters. The van der Waals surface area contributed by atoms with E-state index in [2.05, 4.69) is 141 Å². The van der Waals surface area contributed by atoms with Crippen molar-refractivity contribution in [3.05, 3.63) is 205 Å². The van der Waals surface area contributed by atoms with Crippen molar-refractivity contribution in [2.45, 2.75) is 0 Å². The predicted molar refractivity (Wildman–Crippen MR) is 246 cm³/mol. The lowest BCUT2D eigenvalue weighted by molar-refractivity contribution is 1.13. The van der Waals surface area contributed by atoms with Crippen molar-refractivity contribution in [1.82, 2.24) is 14.1 Å². The molecule has 0 saturated carbocycles. The number of benzene rings is 9. The Morgan fingerprint density at radius 1 is 0.450 bits per heavy atom. The second-order valence-electron chi connectivity index (χ2n) is 15.2. The summed E-state index contributed by atoms with van der Waals surface area (Å²) in [5.41, 5.74) is 11.2. The van der Waals surface area contributed by atoms with Gasteiger partial charge >= 0.3 is 0 Å². The summed E-state index contributed by atoms with van der Waals surface area (Å²) < 4.78 is 4.56. The molecule has 0 aliphatic heterocycles. The molecule has 12 rings (SSSR count). The van der Waals surface area contributed by atoms with Crippen molar-refractivity contribution in [2.75, 3.05) is 0 Å². The van der Waals surface area contributed by atoms with Gasteiger partial charge in [0.2, 0.25) is 5.69 Å². The van der Waals surface area contributed by atoms with E-state index in [1.807, 2.05) is 67.0 Å². The van der Waals surface area contributed by atoms with E-state index in [9.17, 15) is 5.26 Å². The van der Waals surface area contributed by atoms with Gasteiger partial charge in [-0.1, -0.05) is 164 Å². The lowest BCUT2D eigenvalue weighted by Crippen LogP contribution is -2.09. The van der Waals surface area contributed by atoms with Crippen molar-refractivity contribution in [3.8, 4) is 50.8 Å². The number of nitrogens with zero attached hydrogens (tertiary/aromatic N) is 5. The molecule has 5 heteroatoms. The highest BCUT2D eigenvalue weighted by atomic mass is 15.0. The molecule has 60 heavy (non-hydrogen) atoms. The van der Waals surface area contributed by atoms with Crippen LogP contribution < -0.4 is 0 Å². The number of aromatic nitrogens is 3. The summed E-state index contributed by atoms with van der Waals surface area (Å²) in [5.74, 6) is 0. The van der Waals surface area contributed by atoms with Gasteiger partial charge in [0.05, 0.1) is 51.8 Å². The number of fused-ring (bicyclic) bond motifs is 6. The standard InChI is InChI=1S/C55H31N5/c1-57-52-48(35-19-7-3-8-20-35)43(31-56)54(60-45-29-14-13-25-40(45)42-28-15-26-37(53(42)60)34-17-5-2-6-18-34)49(36-21-9-4-10-22-36)55(52)59-46-30-16-27-41-38-23-11-12-24-39(38)44-32-58-33-47(59)51(44)50(41)46/h2-30,32-33H. The third-order valence-corrected chi connectivity index (χ3v) is 12.2. The number of hydrogen-bond donors (Lipinski definition) is 0. The summed E-state index contributed by atoms with van der Waals surface area (Å²) >= 11 is 0. The highest BCUT2D eigenvalue weighted by molar-refractivity contribution is 6.34. The molecule has 0 radical (unpaired) electrons. The highest BCUT2D eigenvalue weighted by Gasteiger charge is 2.32. The first-order chi connectivity index (χ1) is 29.8. The van der Waals surface area contributed by atoms with E-state index in [0.29, 0.717) is 28.2 Å². The third-order valence-electron chi connectivity index (χ3n) is 12.2. The minimum atomic E-state index is 0.399. The molecule has 0 atom stereocenters. The molecule has 0 saturated heterocycles. The van der Waals surface area contributed by atoms with E-state index in [4.69, 9.17) is 11.6 Å². The molecular formula is C55H31N5. The highest BCUT2D eigenvalue weighted by Crippen LogP contribution is 2.53. The Balaban J connectivity index is 1.39. The van der Waals surface area contributed by atoms with Gasteiger partial charge in [-0.3, -0.25) is 4.98 Å². The first kappa shape index (κ1) is 33.6. The van der Waals surface area contributed by atoms with Crippen molar-refractivity contribution >= 4 is 70.8 Å². The van der Waals surface area contributed by atoms with Crippen LogP contribution in [0, 0.1) is 17.9 Å². The molecule has 9 aromatic carbocycles. The summed E-state index contributed by atoms with van der Waals surface area (Å²) in [5, 5.41) is 20.6. The summed E-state index contributed by atoms with van der Waals surface area (Å²) in [6.45, 7) is 9.16. The number of pyridine rings is 1. The zero-order valence-electron chi connectivity index (χ0n) is 32.1. The minimum Gasteiger partial charge on any atom is -0.317 e. The quantitative estimate of drug-likeness (QED) is 0.130. The molecule has 0 spiro atoms. The van der Waals surface area contributed by atoms with Crippen LogP contribution in [0.15, 0.2) is 188 Å². The Kier molecular flexibility index (Phi) is 7.29. The zero-order valence-corrected chi connectivity index (χ0v) is 32.1. The normalized spacial score (nSPS) is 11.6. The van der Waals surface area contributed by atoms with Crippen molar-refractivity contribution in [3.63, 3.8) is 0 Å². The van der Waals surface area contributed by atoms with E-state index in [1.54, 1.807) is 0 Å². The topological polar surface area (TPSA) is 50.9 Å². The molecule has 0 fully saturated rings. The molecule has 276 valence electrons. The van der Waals surface area contributed by atoms with Gasteiger partial charge in [0.15, 0.2) is 0 Å². The molecule has 0 aliphatic carbocycles. The molecule has 0 amide bonds. The van der Waals surface area contributed by atoms with E-state index in [-0.39, 0.29) is 0 Å². The number of hydrogen-bond acceptors (Lipinski definition) is 2. The van der Waals surface area contributed by atoms with E-state index in [0.717, 1.165) is 93.0 Å². The maximum Gasteiger partial charge on any atom is 0.220 e. The average Bonchev–Trinajstić information content (AvgIpc) is 3.84. The summed E-state index contributed by atoms with van der Waals surface area (Å²) in [7, 11) is 0. The van der Waals surface area contributed by atoms with Gasteiger partial charge < -0.3 is 9.13 Å². The Morgan fingerprint density at radius 3 is 1.70 bits per heavy atom. The molecule has 3 aromatic heterocycles. The maximum absolute atomic E-state index is 11.7. The second-order valence-corrected chi connectivity index (χ2v) is 15.2. The number of para-hydroxylation sites is 2. The summed E-state index contributed by atoms with van der Waals surface area (Å²) in [4.78, 5) is 9.38. The monoisotopic (exact) mass is 761 g/mol. The van der Waals surface area contributed by atoms with Gasteiger partial charge in [-0.2, -0.15) is 5.26 Å². The van der Waals surface area contributed by atoms with Crippen LogP contribution in [0.5, 0.6) is 0 Å². The largest absolute Gasteiger partial charge is 0.317 e. The first-order valence-electron chi connectivity index (χ1n) is 20.0. The molecule has 0 aliphatic rings. The van der Waals surface area contributed by atoms with Crippen LogP contribution in [-0.2, 0) is 0 Å². The minimum absolute atomic E-state index is 0.399. The third kappa shape index (κ3) is 4.57. The molecule has 0 bridgehead atoms. The lowest BCUT2D eigenvalue weighted by atomic mass is 9.88. The fourth-order valence-electron chi connectivity index (χ4n) is 9.86. The zero-order chi connectivity index (χ0) is 39.9. The van der Waals surface area contributed by atoms with Crippen LogP contribution in [0.4, 0.5) is 5.69 Å². The Morgan fingerprint density at radius 2 is 1.00 bits per heavy atom. The Bertz CT molecular complexity index is 3680. The molecule has 3 heterocycles. The molecular weight excluding hydrogens is 731 g/mol. The van der Waals surface area contributed by atoms with Crippen LogP contribution in [0.25, 0.3) is 115 Å². The van der Waals surface area contributed by atoms with Crippen molar-refractivity contribution in [1.29, 1.82) is 5.26 Å². The molecule has 0 N–H and O–H groups in total. The van der Waals surface area contributed by atoms with E-state index in [1.165, 1.54) is 0 Å². The second kappa shape index (κ2) is 13.0. The van der Waals surface area contributed by atoms with Gasteiger partial charge in [0.1, 0.15) is 6.07 Å². The SMILES string of the molecule is [C-]#[N+]c1c(-c2ccccc2)c(C#N)c(-n2c3ccccc3c3cccc(-c4ccccc4)c32)c(-c2ccccc2)c1-n1c2cccc3c4ccccc4c4cncc1c4c32. The Hall–Kier alpha value is -8.51. The fraction of sp³-hybridized carbons (Fsp3) is 0. The maximum atomic E-state index is 11.7. The van der Waals surface area contributed by atoms with Crippen LogP contribution >= 0.6 is 0 Å². The number of nitriles is 1. The van der Waals surface area contributed by atoms with E-state index < -0.39 is 0 Å². The fourth-order valence-corrected chi connectivity index (χ4v) is 9.86. The average molecular weight is 762 g/mol. The smallest absolute Gasteiger partial charge is 0.220 e. The van der Waals surface area contributed by atoms with Crippen molar-refractivity contribution < 1.29 is 0 Å². The van der Waals surface area contributed by atoms with Crippen LogP contribution in [0.1, 0.15) is 5.56 Å². The predicted octanol–water partition coefficient (Wildman–Crippen LogP) is 14.4. The number of rotatable bonds is 5. The van der Waals surface area contributed by atoms with Gasteiger partial charge in [0.25, 0.3) is 0 Å².